The van der Waals surface area contributed by atoms with Crippen molar-refractivity contribution in [1.82, 2.24) is 10.2 Å². The van der Waals surface area contributed by atoms with E-state index in [1.54, 1.807) is 0 Å². The highest BCUT2D eigenvalue weighted by Crippen LogP contribution is 2.23. The molecule has 1 aliphatic heterocycles. The van der Waals surface area contributed by atoms with Crippen molar-refractivity contribution in [3.63, 3.8) is 0 Å². The van der Waals surface area contributed by atoms with Crippen LogP contribution in [0.4, 0.5) is 0 Å². The van der Waals surface area contributed by atoms with Crippen molar-refractivity contribution >= 4 is 0 Å². The van der Waals surface area contributed by atoms with Crippen LogP contribution in [-0.4, -0.2) is 50.8 Å². The maximum absolute atomic E-state index is 5.63. The van der Waals surface area contributed by atoms with Gasteiger partial charge in [-0.1, -0.05) is 25.7 Å². The topological polar surface area (TPSA) is 24.5 Å². The number of likely N-dealkylation sites (N-methyl/N-ethyl adjacent to an activating group) is 2. The van der Waals surface area contributed by atoms with Crippen molar-refractivity contribution in [2.75, 3.05) is 33.9 Å². The first kappa shape index (κ1) is 15.3. The number of hydrogen-bond donors (Lipinski definition) is 1. The Labute approximate surface area is 119 Å². The van der Waals surface area contributed by atoms with E-state index in [2.05, 4.69) is 24.3 Å². The van der Waals surface area contributed by atoms with Crippen LogP contribution in [0.1, 0.15) is 51.4 Å². The average Bonchev–Trinajstić information content (AvgIpc) is 2.39. The molecule has 0 amide bonds. The molecule has 1 saturated carbocycles. The van der Waals surface area contributed by atoms with Gasteiger partial charge in [-0.05, 0) is 45.7 Å². The van der Waals surface area contributed by atoms with Gasteiger partial charge >= 0.3 is 0 Å². The van der Waals surface area contributed by atoms with Gasteiger partial charge in [-0.2, -0.15) is 0 Å². The highest BCUT2D eigenvalue weighted by Gasteiger charge is 2.27. The Morgan fingerprint density at radius 3 is 2.53 bits per heavy atom. The minimum Gasteiger partial charge on any atom is -0.381 e. The van der Waals surface area contributed by atoms with Crippen LogP contribution in [0.25, 0.3) is 0 Å². The van der Waals surface area contributed by atoms with Gasteiger partial charge in [0.2, 0.25) is 0 Å². The zero-order valence-corrected chi connectivity index (χ0v) is 12.9. The van der Waals surface area contributed by atoms with E-state index in [0.29, 0.717) is 12.1 Å². The van der Waals surface area contributed by atoms with Gasteiger partial charge in [0.05, 0.1) is 6.61 Å². The summed E-state index contributed by atoms with van der Waals surface area (Å²) in [5, 5.41) is 3.57. The second kappa shape index (κ2) is 8.23. The van der Waals surface area contributed by atoms with Crippen LogP contribution in [-0.2, 0) is 4.74 Å². The molecule has 0 aromatic carbocycles. The highest BCUT2D eigenvalue weighted by atomic mass is 16.5. The molecule has 3 heteroatoms. The van der Waals surface area contributed by atoms with Crippen LogP contribution >= 0.6 is 0 Å². The molecular weight excluding hydrogens is 236 g/mol. The second-order valence-corrected chi connectivity index (χ2v) is 6.48. The van der Waals surface area contributed by atoms with Crippen molar-refractivity contribution in [2.24, 2.45) is 5.92 Å². The molecule has 3 unspecified atom stereocenters. The van der Waals surface area contributed by atoms with Crippen LogP contribution in [0.2, 0.25) is 0 Å². The third-order valence-corrected chi connectivity index (χ3v) is 4.97. The molecule has 1 heterocycles. The Balaban J connectivity index is 1.87. The smallest absolute Gasteiger partial charge is 0.0506 e. The summed E-state index contributed by atoms with van der Waals surface area (Å²) in [5.41, 5.74) is 0. The van der Waals surface area contributed by atoms with Gasteiger partial charge in [-0.15, -0.1) is 0 Å². The average molecular weight is 268 g/mol. The maximum Gasteiger partial charge on any atom is 0.0506 e. The third-order valence-electron chi connectivity index (χ3n) is 4.97. The van der Waals surface area contributed by atoms with Gasteiger partial charge in [0.1, 0.15) is 0 Å². The molecule has 2 rings (SSSR count). The molecule has 0 radical (unpaired) electrons. The molecule has 1 aliphatic carbocycles. The van der Waals surface area contributed by atoms with Gasteiger partial charge in [-0.3, -0.25) is 0 Å². The Kier molecular flexibility index (Phi) is 6.62. The molecule has 1 saturated heterocycles. The second-order valence-electron chi connectivity index (χ2n) is 6.48. The van der Waals surface area contributed by atoms with Crippen LogP contribution in [0, 0.1) is 5.92 Å². The maximum atomic E-state index is 5.63. The van der Waals surface area contributed by atoms with E-state index in [0.717, 1.165) is 19.1 Å². The monoisotopic (exact) mass is 268 g/mol. The number of hydrogen-bond acceptors (Lipinski definition) is 3. The van der Waals surface area contributed by atoms with Crippen molar-refractivity contribution < 1.29 is 4.74 Å². The van der Waals surface area contributed by atoms with Crippen LogP contribution in [0.5, 0.6) is 0 Å². The summed E-state index contributed by atoms with van der Waals surface area (Å²) in [6, 6.07) is 1.39. The number of rotatable bonds is 4. The quantitative estimate of drug-likeness (QED) is 0.848. The van der Waals surface area contributed by atoms with Gasteiger partial charge < -0.3 is 15.0 Å². The van der Waals surface area contributed by atoms with Crippen LogP contribution in [0.15, 0.2) is 0 Å². The fourth-order valence-corrected chi connectivity index (χ4v) is 3.82. The van der Waals surface area contributed by atoms with E-state index >= 15 is 0 Å². The summed E-state index contributed by atoms with van der Waals surface area (Å²) < 4.78 is 5.63. The summed E-state index contributed by atoms with van der Waals surface area (Å²) in [5.74, 6) is 0.752. The largest absolute Gasteiger partial charge is 0.381 e. The predicted octanol–water partition coefficient (Wildman–Crippen LogP) is 2.66. The van der Waals surface area contributed by atoms with E-state index in [-0.39, 0.29) is 0 Å². The zero-order chi connectivity index (χ0) is 13.5. The van der Waals surface area contributed by atoms with Gasteiger partial charge in [-0.25, -0.2) is 0 Å². The molecule has 0 spiro atoms. The molecule has 1 N–H and O–H groups in total. The van der Waals surface area contributed by atoms with Crippen molar-refractivity contribution in [3.8, 4) is 0 Å². The third kappa shape index (κ3) is 4.73. The summed E-state index contributed by atoms with van der Waals surface area (Å²) in [4.78, 5) is 2.62. The number of nitrogens with zero attached hydrogens (tertiary/aromatic N) is 1. The molecule has 0 aromatic heterocycles. The lowest BCUT2D eigenvalue weighted by Crippen LogP contribution is -2.49. The van der Waals surface area contributed by atoms with E-state index in [1.165, 1.54) is 57.9 Å². The molecule has 0 aromatic rings. The lowest BCUT2D eigenvalue weighted by molar-refractivity contribution is 0.0311. The molecule has 2 aliphatic rings. The first-order chi connectivity index (χ1) is 9.31. The lowest BCUT2D eigenvalue weighted by Gasteiger charge is -2.38. The van der Waals surface area contributed by atoms with Crippen molar-refractivity contribution in [1.29, 1.82) is 0 Å². The Bertz CT molecular complexity index is 241. The van der Waals surface area contributed by atoms with Gasteiger partial charge in [0.15, 0.2) is 0 Å². The highest BCUT2D eigenvalue weighted by molar-refractivity contribution is 4.85. The van der Waals surface area contributed by atoms with Crippen molar-refractivity contribution in [3.05, 3.63) is 0 Å². The SMILES string of the molecule is CNC1CCCCCCC1N(C)CC1CCCOC1. The standard InChI is InChI=1S/C16H32N2O/c1-17-15-9-5-3-4-6-10-16(15)18(2)12-14-8-7-11-19-13-14/h14-17H,3-13H2,1-2H3. The predicted molar refractivity (Wildman–Crippen MR) is 80.5 cm³/mol. The molecule has 3 nitrogen and oxygen atoms in total. The minimum atomic E-state index is 0.676. The van der Waals surface area contributed by atoms with E-state index in [4.69, 9.17) is 4.74 Å². The molecule has 112 valence electrons. The number of ether oxygens (including phenoxy) is 1. The summed E-state index contributed by atoms with van der Waals surface area (Å²) in [6.45, 7) is 3.16. The van der Waals surface area contributed by atoms with Gasteiger partial charge in [0, 0.05) is 25.2 Å². The zero-order valence-electron chi connectivity index (χ0n) is 12.9. The summed E-state index contributed by atoms with van der Waals surface area (Å²) in [7, 11) is 4.46. The summed E-state index contributed by atoms with van der Waals surface area (Å²) >= 11 is 0. The minimum absolute atomic E-state index is 0.676. The fourth-order valence-electron chi connectivity index (χ4n) is 3.82. The van der Waals surface area contributed by atoms with Crippen LogP contribution in [0.3, 0.4) is 0 Å². The Morgan fingerprint density at radius 2 is 1.84 bits per heavy atom. The van der Waals surface area contributed by atoms with Crippen LogP contribution < -0.4 is 5.32 Å². The Hall–Kier alpha value is -0.120. The molecule has 3 atom stereocenters. The van der Waals surface area contributed by atoms with Gasteiger partial charge in [0.25, 0.3) is 0 Å². The fraction of sp³-hybridized carbons (Fsp3) is 1.00. The lowest BCUT2D eigenvalue weighted by atomic mass is 9.90. The first-order valence-electron chi connectivity index (χ1n) is 8.26. The molecular formula is C16H32N2O. The first-order valence-corrected chi connectivity index (χ1v) is 8.26. The molecule has 2 fully saturated rings. The van der Waals surface area contributed by atoms with Crippen molar-refractivity contribution in [2.45, 2.75) is 63.5 Å². The molecule has 19 heavy (non-hydrogen) atoms. The summed E-state index contributed by atoms with van der Waals surface area (Å²) in [6.07, 6.45) is 10.9. The van der Waals surface area contributed by atoms with E-state index in [1.807, 2.05) is 0 Å². The Morgan fingerprint density at radius 1 is 1.05 bits per heavy atom. The van der Waals surface area contributed by atoms with E-state index in [9.17, 15) is 0 Å². The normalized spacial score (nSPS) is 33.9. The van der Waals surface area contributed by atoms with E-state index < -0.39 is 0 Å². The number of nitrogens with one attached hydrogen (secondary N) is 1. The molecule has 0 bridgehead atoms.